The first-order chi connectivity index (χ1) is 9.11. The van der Waals surface area contributed by atoms with E-state index in [0.29, 0.717) is 27.0 Å². The number of hydrogen-bond acceptors (Lipinski definition) is 3. The molecule has 1 fully saturated rings. The molecule has 19 heavy (non-hydrogen) atoms. The van der Waals surface area contributed by atoms with Crippen molar-refractivity contribution in [3.63, 3.8) is 0 Å². The van der Waals surface area contributed by atoms with Crippen LogP contribution in [-0.2, 0) is 0 Å². The van der Waals surface area contributed by atoms with E-state index in [9.17, 15) is 9.90 Å². The summed E-state index contributed by atoms with van der Waals surface area (Å²) in [4.78, 5) is 11.3. The van der Waals surface area contributed by atoms with Crippen molar-refractivity contribution in [3.05, 3.63) is 28.2 Å². The van der Waals surface area contributed by atoms with E-state index in [1.54, 1.807) is 6.07 Å². The van der Waals surface area contributed by atoms with Gasteiger partial charge in [0, 0.05) is 15.8 Å². The summed E-state index contributed by atoms with van der Waals surface area (Å²) in [5.41, 5.74) is 1.04. The smallest absolute Gasteiger partial charge is 0.338 e. The Labute approximate surface area is 126 Å². The minimum atomic E-state index is -0.896. The molecule has 2 N–H and O–H groups in total. The van der Waals surface area contributed by atoms with Gasteiger partial charge in [-0.1, -0.05) is 13.0 Å². The molecule has 1 aromatic carbocycles. The third-order valence-electron chi connectivity index (χ3n) is 3.37. The number of carbonyl (C=O) groups is 1. The third-order valence-corrected chi connectivity index (χ3v) is 5.27. The summed E-state index contributed by atoms with van der Waals surface area (Å²) in [5.74, 6) is 0.252. The van der Waals surface area contributed by atoms with Crippen molar-refractivity contribution < 1.29 is 9.90 Å². The fourth-order valence-electron chi connectivity index (χ4n) is 2.54. The van der Waals surface area contributed by atoms with E-state index in [0.717, 1.165) is 18.6 Å². The van der Waals surface area contributed by atoms with Crippen molar-refractivity contribution >= 4 is 39.3 Å². The average molecular weight is 344 g/mol. The van der Waals surface area contributed by atoms with Gasteiger partial charge in [-0.25, -0.2) is 4.79 Å². The molecule has 1 aliphatic carbocycles. The predicted octanol–water partition coefficient (Wildman–Crippen LogP) is 4.23. The van der Waals surface area contributed by atoms with Crippen LogP contribution in [0.1, 0.15) is 36.5 Å². The van der Waals surface area contributed by atoms with E-state index >= 15 is 0 Å². The molecule has 0 aromatic heterocycles. The van der Waals surface area contributed by atoms with Crippen LogP contribution in [0.5, 0.6) is 0 Å². The van der Waals surface area contributed by atoms with Crippen LogP contribution in [-0.4, -0.2) is 28.1 Å². The number of carboxylic acid groups (broad SMARTS) is 1. The number of hydrogen-bond donors (Lipinski definition) is 2. The first kappa shape index (κ1) is 14.7. The first-order valence-electron chi connectivity index (χ1n) is 6.51. The Morgan fingerprint density at radius 1 is 1.53 bits per heavy atom. The molecule has 1 aromatic rings. The van der Waals surface area contributed by atoms with Crippen LogP contribution in [0.4, 0.5) is 5.69 Å². The summed E-state index contributed by atoms with van der Waals surface area (Å²) < 4.78 is 0.627. The van der Waals surface area contributed by atoms with E-state index in [4.69, 9.17) is 0 Å². The average Bonchev–Trinajstić information content (AvgIpc) is 2.76. The molecule has 0 spiro atoms. The minimum Gasteiger partial charge on any atom is -0.478 e. The second-order valence-electron chi connectivity index (χ2n) is 4.70. The number of thioether (sulfide) groups is 1. The molecule has 104 valence electrons. The van der Waals surface area contributed by atoms with E-state index in [1.165, 1.54) is 6.42 Å². The molecule has 5 heteroatoms. The third kappa shape index (κ3) is 3.66. The number of halogens is 1. The lowest BCUT2D eigenvalue weighted by molar-refractivity contribution is 0.0697. The molecular weight excluding hydrogens is 326 g/mol. The molecule has 2 unspecified atom stereocenters. The highest BCUT2D eigenvalue weighted by molar-refractivity contribution is 9.10. The van der Waals surface area contributed by atoms with Gasteiger partial charge in [-0.15, -0.1) is 0 Å². The van der Waals surface area contributed by atoms with E-state index < -0.39 is 5.97 Å². The second kappa shape index (κ2) is 6.66. The highest BCUT2D eigenvalue weighted by atomic mass is 79.9. The van der Waals surface area contributed by atoms with Gasteiger partial charge >= 0.3 is 5.97 Å². The summed E-state index contributed by atoms with van der Waals surface area (Å²) in [7, 11) is 0. The molecular formula is C14H18BrNO2S. The lowest BCUT2D eigenvalue weighted by Crippen LogP contribution is -2.18. The number of aromatic carboxylic acids is 1. The second-order valence-corrected chi connectivity index (χ2v) is 7.13. The maximum atomic E-state index is 11.3. The molecule has 2 rings (SSSR count). The van der Waals surface area contributed by atoms with Crippen molar-refractivity contribution in [1.82, 2.24) is 0 Å². The fraction of sp³-hybridized carbons (Fsp3) is 0.500. The Morgan fingerprint density at radius 3 is 3.00 bits per heavy atom. The maximum Gasteiger partial charge on any atom is 0.338 e. The van der Waals surface area contributed by atoms with Crippen LogP contribution in [0, 0.1) is 0 Å². The largest absolute Gasteiger partial charge is 0.478 e. The molecule has 3 nitrogen and oxygen atoms in total. The van der Waals surface area contributed by atoms with Gasteiger partial charge in [-0.05, 0) is 53.1 Å². The van der Waals surface area contributed by atoms with Gasteiger partial charge in [0.15, 0.2) is 0 Å². The van der Waals surface area contributed by atoms with Gasteiger partial charge in [0.05, 0.1) is 11.3 Å². The zero-order valence-corrected chi connectivity index (χ0v) is 13.3. The molecule has 0 saturated heterocycles. The lowest BCUT2D eigenvalue weighted by atomic mass is 10.1. The summed E-state index contributed by atoms with van der Waals surface area (Å²) in [6.45, 7) is 2.18. The van der Waals surface area contributed by atoms with Crippen LogP contribution >= 0.6 is 27.7 Å². The van der Waals surface area contributed by atoms with Crippen LogP contribution in [0.2, 0.25) is 0 Å². The van der Waals surface area contributed by atoms with Crippen molar-refractivity contribution in [2.45, 2.75) is 37.5 Å². The van der Waals surface area contributed by atoms with Gasteiger partial charge in [0.1, 0.15) is 0 Å². The molecule has 0 heterocycles. The normalized spacial score (nSPS) is 22.4. The Bertz CT molecular complexity index is 467. The number of rotatable bonds is 5. The highest BCUT2D eigenvalue weighted by Crippen LogP contribution is 2.33. The summed E-state index contributed by atoms with van der Waals surface area (Å²) >= 11 is 5.31. The van der Waals surface area contributed by atoms with Crippen LogP contribution in [0.25, 0.3) is 0 Å². The zero-order chi connectivity index (χ0) is 13.8. The van der Waals surface area contributed by atoms with Crippen molar-refractivity contribution in [2.24, 2.45) is 0 Å². The molecule has 0 amide bonds. The molecule has 1 aliphatic rings. The Balaban J connectivity index is 2.08. The minimum absolute atomic E-state index is 0.328. The van der Waals surface area contributed by atoms with E-state index in [-0.39, 0.29) is 0 Å². The fourth-order valence-corrected chi connectivity index (χ4v) is 4.22. The molecule has 2 atom stereocenters. The van der Waals surface area contributed by atoms with E-state index in [1.807, 2.05) is 23.9 Å². The van der Waals surface area contributed by atoms with Gasteiger partial charge in [0.2, 0.25) is 0 Å². The number of carboxylic acids is 1. The zero-order valence-electron chi connectivity index (χ0n) is 10.9. The monoisotopic (exact) mass is 343 g/mol. The van der Waals surface area contributed by atoms with E-state index in [2.05, 4.69) is 28.2 Å². The van der Waals surface area contributed by atoms with Crippen LogP contribution in [0.3, 0.4) is 0 Å². The van der Waals surface area contributed by atoms with Crippen molar-refractivity contribution in [1.29, 1.82) is 0 Å². The maximum absolute atomic E-state index is 11.3. The number of anilines is 1. The molecule has 1 saturated carbocycles. The quantitative estimate of drug-likeness (QED) is 0.839. The first-order valence-corrected chi connectivity index (χ1v) is 8.36. The molecule has 0 radical (unpaired) electrons. The number of benzene rings is 1. The van der Waals surface area contributed by atoms with Gasteiger partial charge < -0.3 is 10.4 Å². The predicted molar refractivity (Wildman–Crippen MR) is 84.3 cm³/mol. The highest BCUT2D eigenvalue weighted by Gasteiger charge is 2.25. The Morgan fingerprint density at radius 2 is 2.32 bits per heavy atom. The molecule has 0 aliphatic heterocycles. The molecule has 0 bridgehead atoms. The summed E-state index contributed by atoms with van der Waals surface area (Å²) in [5, 5.41) is 13.4. The lowest BCUT2D eigenvalue weighted by Gasteiger charge is -2.17. The SMILES string of the molecule is CCSC1CCC(Nc2cccc(Br)c2C(=O)O)C1. The topological polar surface area (TPSA) is 49.3 Å². The number of nitrogens with one attached hydrogen (secondary N) is 1. The van der Waals surface area contributed by atoms with Crippen molar-refractivity contribution in [3.8, 4) is 0 Å². The Hall–Kier alpha value is -0.680. The van der Waals surface area contributed by atoms with Gasteiger partial charge in [-0.3, -0.25) is 0 Å². The van der Waals surface area contributed by atoms with Gasteiger partial charge in [0.25, 0.3) is 0 Å². The summed E-state index contributed by atoms with van der Waals surface area (Å²) in [6, 6.07) is 5.86. The Kier molecular flexibility index (Phi) is 5.16. The van der Waals surface area contributed by atoms with Crippen molar-refractivity contribution in [2.75, 3.05) is 11.1 Å². The van der Waals surface area contributed by atoms with Crippen LogP contribution in [0.15, 0.2) is 22.7 Å². The summed E-state index contributed by atoms with van der Waals surface area (Å²) in [6.07, 6.45) is 3.44. The standard InChI is InChI=1S/C14H18BrNO2S/c1-2-19-10-7-6-9(8-10)16-12-5-3-4-11(15)13(12)14(17)18/h3-5,9-10,16H,2,6-8H2,1H3,(H,17,18). The van der Waals surface area contributed by atoms with Crippen LogP contribution < -0.4 is 5.32 Å². The van der Waals surface area contributed by atoms with Gasteiger partial charge in [-0.2, -0.15) is 11.8 Å².